The molecular formula is C12H22N2OS. The van der Waals surface area contributed by atoms with Gasteiger partial charge in [0.05, 0.1) is 13.2 Å². The van der Waals surface area contributed by atoms with Crippen LogP contribution >= 0.6 is 11.8 Å². The van der Waals surface area contributed by atoms with Crippen molar-refractivity contribution in [1.82, 2.24) is 10.6 Å². The fraction of sp³-hybridized carbons (Fsp3) is 1.00. The first-order valence-corrected chi connectivity index (χ1v) is 7.55. The highest BCUT2D eigenvalue weighted by Crippen LogP contribution is 2.40. The summed E-state index contributed by atoms with van der Waals surface area (Å²) in [5.41, 5.74) is 1.35. The number of hydrogen-bond donors (Lipinski definition) is 2. The van der Waals surface area contributed by atoms with Gasteiger partial charge in [-0.3, -0.25) is 0 Å². The van der Waals surface area contributed by atoms with Gasteiger partial charge in [-0.05, 0) is 30.6 Å². The van der Waals surface area contributed by atoms with Crippen LogP contribution in [0.4, 0.5) is 0 Å². The van der Waals surface area contributed by atoms with E-state index in [1.165, 1.54) is 50.5 Å². The SMILES string of the molecule is C1CC2(CCSC2)CN1.C1NCC12COC2. The Bertz CT molecular complexity index is 206. The predicted molar refractivity (Wildman–Crippen MR) is 68.0 cm³/mol. The van der Waals surface area contributed by atoms with Gasteiger partial charge in [0.1, 0.15) is 0 Å². The Hall–Kier alpha value is 0.230. The van der Waals surface area contributed by atoms with E-state index < -0.39 is 0 Å². The second-order valence-corrected chi connectivity index (χ2v) is 6.93. The van der Waals surface area contributed by atoms with Crippen LogP contribution in [-0.4, -0.2) is 50.9 Å². The van der Waals surface area contributed by atoms with Crippen molar-refractivity contribution in [3.63, 3.8) is 0 Å². The van der Waals surface area contributed by atoms with E-state index in [4.69, 9.17) is 4.74 Å². The molecule has 0 aromatic carbocycles. The molecule has 4 rings (SSSR count). The van der Waals surface area contributed by atoms with Gasteiger partial charge >= 0.3 is 0 Å². The molecule has 4 aliphatic heterocycles. The van der Waals surface area contributed by atoms with Crippen molar-refractivity contribution in [1.29, 1.82) is 0 Å². The van der Waals surface area contributed by atoms with E-state index in [0.717, 1.165) is 18.6 Å². The topological polar surface area (TPSA) is 33.3 Å². The van der Waals surface area contributed by atoms with Crippen LogP contribution in [0, 0.1) is 10.8 Å². The fourth-order valence-electron chi connectivity index (χ4n) is 2.86. The third-order valence-corrected chi connectivity index (χ3v) is 5.64. The molecule has 0 radical (unpaired) electrons. The smallest absolute Gasteiger partial charge is 0.0569 e. The van der Waals surface area contributed by atoms with Crippen LogP contribution in [0.25, 0.3) is 0 Å². The Morgan fingerprint density at radius 3 is 2.06 bits per heavy atom. The highest BCUT2D eigenvalue weighted by atomic mass is 32.2. The second-order valence-electron chi connectivity index (χ2n) is 5.83. The van der Waals surface area contributed by atoms with Crippen molar-refractivity contribution in [3.8, 4) is 0 Å². The highest BCUT2D eigenvalue weighted by molar-refractivity contribution is 7.99. The number of hydrogen-bond acceptors (Lipinski definition) is 4. The molecule has 0 bridgehead atoms. The Morgan fingerprint density at radius 2 is 1.75 bits per heavy atom. The normalized spacial score (nSPS) is 39.0. The minimum atomic E-state index is 0.611. The van der Waals surface area contributed by atoms with Crippen molar-refractivity contribution in [3.05, 3.63) is 0 Å². The highest BCUT2D eigenvalue weighted by Gasteiger charge is 2.43. The number of rotatable bonds is 0. The van der Waals surface area contributed by atoms with Gasteiger partial charge in [-0.1, -0.05) is 0 Å². The summed E-state index contributed by atoms with van der Waals surface area (Å²) in [6.45, 7) is 6.93. The molecule has 4 aliphatic rings. The minimum absolute atomic E-state index is 0.611. The molecule has 0 aliphatic carbocycles. The van der Waals surface area contributed by atoms with Crippen LogP contribution in [0.2, 0.25) is 0 Å². The largest absolute Gasteiger partial charge is 0.380 e. The Kier molecular flexibility index (Phi) is 3.17. The third-order valence-electron chi connectivity index (χ3n) is 4.33. The van der Waals surface area contributed by atoms with Gasteiger partial charge in [-0.15, -0.1) is 0 Å². The number of ether oxygens (including phenoxy) is 1. The van der Waals surface area contributed by atoms with Crippen molar-refractivity contribution in [2.45, 2.75) is 12.8 Å². The quantitative estimate of drug-likeness (QED) is 0.655. The lowest BCUT2D eigenvalue weighted by Crippen LogP contribution is -2.64. The Labute approximate surface area is 102 Å². The maximum atomic E-state index is 5.04. The van der Waals surface area contributed by atoms with Crippen LogP contribution in [-0.2, 0) is 4.74 Å². The Balaban J connectivity index is 0.000000104. The summed E-state index contributed by atoms with van der Waals surface area (Å²) in [5, 5.41) is 6.67. The molecule has 4 heteroatoms. The zero-order chi connectivity index (χ0) is 10.9. The van der Waals surface area contributed by atoms with Crippen LogP contribution in [0.5, 0.6) is 0 Å². The zero-order valence-electron chi connectivity index (χ0n) is 9.89. The van der Waals surface area contributed by atoms with E-state index in [0.29, 0.717) is 5.41 Å². The average Bonchev–Trinajstić information content (AvgIpc) is 2.76. The molecule has 16 heavy (non-hydrogen) atoms. The van der Waals surface area contributed by atoms with Gasteiger partial charge in [0, 0.05) is 30.8 Å². The fourth-order valence-corrected chi connectivity index (χ4v) is 4.40. The summed E-state index contributed by atoms with van der Waals surface area (Å²) in [6.07, 6.45) is 2.89. The zero-order valence-corrected chi connectivity index (χ0v) is 10.7. The molecule has 2 N–H and O–H groups in total. The second kappa shape index (κ2) is 4.48. The van der Waals surface area contributed by atoms with E-state index in [9.17, 15) is 0 Å². The first-order valence-electron chi connectivity index (χ1n) is 6.40. The van der Waals surface area contributed by atoms with Crippen LogP contribution < -0.4 is 10.6 Å². The van der Waals surface area contributed by atoms with Gasteiger partial charge < -0.3 is 15.4 Å². The van der Waals surface area contributed by atoms with Crippen LogP contribution in [0.1, 0.15) is 12.8 Å². The van der Waals surface area contributed by atoms with E-state index in [1.807, 2.05) is 0 Å². The van der Waals surface area contributed by atoms with Gasteiger partial charge in [0.25, 0.3) is 0 Å². The molecular weight excluding hydrogens is 220 g/mol. The molecule has 4 heterocycles. The molecule has 0 aromatic rings. The van der Waals surface area contributed by atoms with Crippen molar-refractivity contribution in [2.24, 2.45) is 10.8 Å². The molecule has 3 nitrogen and oxygen atoms in total. The lowest BCUT2D eigenvalue weighted by atomic mass is 9.80. The lowest BCUT2D eigenvalue weighted by Gasteiger charge is -2.48. The standard InChI is InChI=1S/C7H13NS.C5H9NO/c1-3-8-5-7(1)2-4-9-6-7;1-5(2-6-1)3-7-4-5/h8H,1-6H2;6H,1-4H2. The summed E-state index contributed by atoms with van der Waals surface area (Å²) in [5.74, 6) is 2.82. The van der Waals surface area contributed by atoms with E-state index in [1.54, 1.807) is 0 Å². The van der Waals surface area contributed by atoms with Crippen molar-refractivity contribution in [2.75, 3.05) is 50.9 Å². The maximum Gasteiger partial charge on any atom is 0.0569 e. The van der Waals surface area contributed by atoms with Crippen LogP contribution in [0.15, 0.2) is 0 Å². The van der Waals surface area contributed by atoms with E-state index in [2.05, 4.69) is 22.4 Å². The first kappa shape index (κ1) is 11.3. The van der Waals surface area contributed by atoms with Crippen LogP contribution in [0.3, 0.4) is 0 Å². The van der Waals surface area contributed by atoms with Gasteiger partial charge in [0.15, 0.2) is 0 Å². The molecule has 2 spiro atoms. The van der Waals surface area contributed by atoms with Crippen molar-refractivity contribution >= 4 is 11.8 Å². The average molecular weight is 242 g/mol. The first-order chi connectivity index (χ1) is 7.83. The van der Waals surface area contributed by atoms with E-state index in [-0.39, 0.29) is 0 Å². The molecule has 92 valence electrons. The lowest BCUT2D eigenvalue weighted by molar-refractivity contribution is -0.139. The summed E-state index contributed by atoms with van der Waals surface area (Å²) in [4.78, 5) is 0. The molecule has 0 saturated carbocycles. The summed E-state index contributed by atoms with van der Waals surface area (Å²) in [6, 6.07) is 0. The summed E-state index contributed by atoms with van der Waals surface area (Å²) >= 11 is 2.13. The molecule has 0 aromatic heterocycles. The molecule has 1 atom stereocenters. The van der Waals surface area contributed by atoms with Gasteiger partial charge in [-0.25, -0.2) is 0 Å². The number of nitrogens with one attached hydrogen (secondary N) is 2. The Morgan fingerprint density at radius 1 is 0.938 bits per heavy atom. The summed E-state index contributed by atoms with van der Waals surface area (Å²) < 4.78 is 5.04. The number of thioether (sulfide) groups is 1. The molecule has 4 saturated heterocycles. The molecule has 4 fully saturated rings. The third kappa shape index (κ3) is 2.13. The summed E-state index contributed by atoms with van der Waals surface area (Å²) in [7, 11) is 0. The monoisotopic (exact) mass is 242 g/mol. The molecule has 0 amide bonds. The van der Waals surface area contributed by atoms with E-state index >= 15 is 0 Å². The molecule has 1 unspecified atom stereocenters. The van der Waals surface area contributed by atoms with Gasteiger partial charge in [-0.2, -0.15) is 11.8 Å². The predicted octanol–water partition coefficient (Wildman–Crippen LogP) is 0.709. The minimum Gasteiger partial charge on any atom is -0.380 e. The maximum absolute atomic E-state index is 5.04. The van der Waals surface area contributed by atoms with Crippen molar-refractivity contribution < 1.29 is 4.74 Å². The van der Waals surface area contributed by atoms with Gasteiger partial charge in [0.2, 0.25) is 0 Å².